The minimum atomic E-state index is -0.0112. The SMILES string of the molecule is CC1=C(C)C(C)(C)Cc2c1nc(N)nc2C(C)(C)C.CC1=Cc2nc(N)nc(C(C)(C)C)c2CC1(C)C.CNc1nc(C)c(C(C)C)c(C(C)(C)C)n1.CNc1ncc(C(C)C)c(C(C)(C)C)n1.COC(C)c1c(C)nc(N)nc1C.Cc1cc(C(C)(C)C)ccn1.Cc1cc(C(C)(C)C)ccn1.Cc1nc(N)nc(C(C)(C)C)c1C(C)C. The van der Waals surface area contributed by atoms with Gasteiger partial charge in [-0.1, -0.05) is 226 Å². The van der Waals surface area contributed by atoms with Gasteiger partial charge in [-0.3, -0.25) is 9.97 Å². The van der Waals surface area contributed by atoms with Gasteiger partial charge in [0.25, 0.3) is 0 Å². The Labute approximate surface area is 714 Å². The van der Waals surface area contributed by atoms with Crippen LogP contribution in [0.15, 0.2) is 54.0 Å². The summed E-state index contributed by atoms with van der Waals surface area (Å²) in [6.07, 6.45) is 9.82. The molecule has 0 saturated heterocycles. The van der Waals surface area contributed by atoms with Crippen molar-refractivity contribution in [2.75, 3.05) is 54.8 Å². The molecule has 0 radical (unpaired) electrons. The molecule has 21 heteroatoms. The van der Waals surface area contributed by atoms with Crippen LogP contribution >= 0.6 is 0 Å². The average molecular weight is 1620 g/mol. The van der Waals surface area contributed by atoms with E-state index in [2.05, 4.69) is 353 Å². The van der Waals surface area contributed by atoms with Crippen LogP contribution in [0.2, 0.25) is 0 Å². The van der Waals surface area contributed by atoms with E-state index in [4.69, 9.17) is 27.7 Å². The quantitative estimate of drug-likeness (QED) is 0.0863. The molecule has 0 aromatic carbocycles. The third-order valence-corrected chi connectivity index (χ3v) is 21.2. The van der Waals surface area contributed by atoms with Gasteiger partial charge < -0.3 is 38.3 Å². The van der Waals surface area contributed by atoms with E-state index in [1.807, 2.05) is 74.2 Å². The molecule has 0 bridgehead atoms. The standard InChI is InChI=1S/C16H25N3.C15H23N3.C13H23N3.2C12H21N3.2C10H15N.C9H15N3O/c1-9-10(2)16(6,7)8-11-12(9)18-14(17)19-13(11)15(3,4)5;1-9-7-11-10(8-15(9,5)6)12(14(2,3)4)18-13(16)17-11;1-8(2)10-9(3)15-12(14-7)16-11(10)13(4,5)6;1-8(2)9-7-14-11(13-6)15-10(9)12(3,4)5;1-7(2)9-8(3)14-11(13)15-10(9)12(4,5)6;2*1-8-7-9(5-6-11-8)10(2,3)4;1-5-8(7(3)13-4)6(2)12-9(10)11-5/h8H2,1-7H3,(H2,17,18,19);7H,8H2,1-6H3,(H2,16,17,18);8H,1-7H3,(H,14,15,16);7-8H,1-6H3,(H,13,14,15);7H,1-6H3,(H2,13,14,15);2*5-7H,1-4H3;7H,1-4H3,(H2,10,11,12). The van der Waals surface area contributed by atoms with Crippen molar-refractivity contribution in [3.63, 3.8) is 0 Å². The normalized spacial score (nSPS) is 14.0. The van der Waals surface area contributed by atoms with Crippen LogP contribution in [0.4, 0.5) is 35.7 Å². The Balaban J connectivity index is 0.000000351. The van der Waals surface area contributed by atoms with E-state index >= 15 is 0 Å². The number of methoxy groups -OCH3 is 1. The van der Waals surface area contributed by atoms with Crippen LogP contribution < -0.4 is 33.6 Å². The van der Waals surface area contributed by atoms with Gasteiger partial charge in [0.1, 0.15) is 0 Å². The highest BCUT2D eigenvalue weighted by atomic mass is 16.5. The minimum Gasteiger partial charge on any atom is -0.377 e. The van der Waals surface area contributed by atoms with Crippen molar-refractivity contribution in [3.8, 4) is 0 Å². The summed E-state index contributed by atoms with van der Waals surface area (Å²) < 4.78 is 5.22. The van der Waals surface area contributed by atoms with Crippen LogP contribution in [0.25, 0.3) is 11.6 Å². The highest BCUT2D eigenvalue weighted by Gasteiger charge is 2.37. The van der Waals surface area contributed by atoms with E-state index in [-0.39, 0.29) is 54.8 Å². The number of nitrogens with one attached hydrogen (secondary N) is 2. The summed E-state index contributed by atoms with van der Waals surface area (Å²) in [4.78, 5) is 60.9. The van der Waals surface area contributed by atoms with Crippen molar-refractivity contribution in [2.24, 2.45) is 10.8 Å². The fourth-order valence-corrected chi connectivity index (χ4v) is 14.1. The molecule has 0 amide bonds. The molecule has 8 aromatic rings. The molecule has 8 heterocycles. The van der Waals surface area contributed by atoms with E-state index in [1.54, 1.807) is 7.11 Å². The summed E-state index contributed by atoms with van der Waals surface area (Å²) in [6, 6.07) is 8.43. The summed E-state index contributed by atoms with van der Waals surface area (Å²) in [5.74, 6) is 4.23. The summed E-state index contributed by atoms with van der Waals surface area (Å²) >= 11 is 0. The lowest BCUT2D eigenvalue weighted by atomic mass is 9.70. The Morgan fingerprint density at radius 1 is 0.390 bits per heavy atom. The first kappa shape index (κ1) is 103. The molecule has 8 aromatic heterocycles. The van der Waals surface area contributed by atoms with Gasteiger partial charge in [-0.25, -0.2) is 59.8 Å². The smallest absolute Gasteiger partial charge is 0.222 e. The second-order valence-corrected chi connectivity index (χ2v) is 41.2. The van der Waals surface area contributed by atoms with Crippen LogP contribution in [-0.4, -0.2) is 91.0 Å². The molecular formula is C97H158N20O. The second kappa shape index (κ2) is 40.9. The van der Waals surface area contributed by atoms with Crippen LogP contribution in [0, 0.1) is 52.4 Å². The van der Waals surface area contributed by atoms with Crippen LogP contribution in [0.5, 0.6) is 0 Å². The van der Waals surface area contributed by atoms with Gasteiger partial charge in [0.2, 0.25) is 35.7 Å². The summed E-state index contributed by atoms with van der Waals surface area (Å²) in [5.41, 5.74) is 51.6. The number of aromatic nitrogens is 14. The number of nitrogen functional groups attached to an aromatic ring is 4. The highest BCUT2D eigenvalue weighted by Crippen LogP contribution is 2.45. The van der Waals surface area contributed by atoms with Crippen molar-refractivity contribution in [2.45, 2.75) is 358 Å². The van der Waals surface area contributed by atoms with Crippen molar-refractivity contribution in [1.29, 1.82) is 0 Å². The maximum absolute atomic E-state index is 5.91. The molecule has 0 spiro atoms. The van der Waals surface area contributed by atoms with Gasteiger partial charge in [-0.15, -0.1) is 0 Å². The number of aryl methyl sites for hydroxylation is 6. The van der Waals surface area contributed by atoms with Gasteiger partial charge in [-0.2, -0.15) is 0 Å². The fraction of sp³-hybridized carbons (Fsp3) is 0.608. The number of hydrogen-bond acceptors (Lipinski definition) is 21. The molecule has 118 heavy (non-hydrogen) atoms. The van der Waals surface area contributed by atoms with Gasteiger partial charge in [0, 0.05) is 118 Å². The molecule has 2 aliphatic carbocycles. The largest absolute Gasteiger partial charge is 0.377 e. The lowest BCUT2D eigenvalue weighted by Gasteiger charge is -2.36. The number of pyridine rings is 2. The zero-order chi connectivity index (χ0) is 91.2. The topological polar surface area (TPSA) is 318 Å². The maximum Gasteiger partial charge on any atom is 0.222 e. The van der Waals surface area contributed by atoms with Crippen LogP contribution in [-0.2, 0) is 55.5 Å². The third kappa shape index (κ3) is 29.5. The Morgan fingerprint density at radius 2 is 0.746 bits per heavy atom. The van der Waals surface area contributed by atoms with E-state index in [9.17, 15) is 0 Å². The van der Waals surface area contributed by atoms with Crippen molar-refractivity contribution in [3.05, 3.63) is 173 Å². The Hall–Kier alpha value is -8.98. The average Bonchev–Trinajstić information content (AvgIpc) is 0.753. The van der Waals surface area contributed by atoms with E-state index in [1.165, 1.54) is 55.7 Å². The monoisotopic (exact) mass is 1620 g/mol. The first-order valence-electron chi connectivity index (χ1n) is 42.0. The third-order valence-electron chi connectivity index (χ3n) is 21.2. The lowest BCUT2D eigenvalue weighted by Crippen LogP contribution is -2.28. The first-order valence-corrected chi connectivity index (χ1v) is 42.0. The number of nitrogens with two attached hydrogens (primary N) is 4. The molecule has 652 valence electrons. The zero-order valence-corrected chi connectivity index (χ0v) is 81.8. The van der Waals surface area contributed by atoms with E-state index in [0.29, 0.717) is 53.4 Å². The predicted molar refractivity (Wildman–Crippen MR) is 501 cm³/mol. The van der Waals surface area contributed by atoms with Gasteiger partial charge in [0.15, 0.2) is 0 Å². The Kier molecular flexibility index (Phi) is 35.7. The maximum atomic E-state index is 5.91. The molecule has 1 unspecified atom stereocenters. The molecule has 21 nitrogen and oxygen atoms in total. The van der Waals surface area contributed by atoms with Gasteiger partial charge in [-0.05, 0) is 185 Å². The summed E-state index contributed by atoms with van der Waals surface area (Å²) in [7, 11) is 5.37. The van der Waals surface area contributed by atoms with Crippen molar-refractivity contribution < 1.29 is 4.74 Å². The second-order valence-electron chi connectivity index (χ2n) is 41.2. The zero-order valence-electron chi connectivity index (χ0n) is 81.8. The number of nitrogens with zero attached hydrogens (tertiary/aromatic N) is 14. The molecule has 0 fully saturated rings. The van der Waals surface area contributed by atoms with Gasteiger partial charge in [0.05, 0.1) is 46.0 Å². The number of fused-ring (bicyclic) bond motifs is 2. The van der Waals surface area contributed by atoms with E-state index < -0.39 is 0 Å². The first-order chi connectivity index (χ1) is 53.6. The Morgan fingerprint density at radius 3 is 1.12 bits per heavy atom. The fourth-order valence-electron chi connectivity index (χ4n) is 14.1. The van der Waals surface area contributed by atoms with Crippen molar-refractivity contribution >= 4 is 47.3 Å². The Bertz CT molecular complexity index is 4640. The summed E-state index contributed by atoms with van der Waals surface area (Å²) in [6.45, 7) is 88.5. The number of allylic oxidation sites excluding steroid dienone is 3. The number of hydrogen-bond donors (Lipinski definition) is 6. The van der Waals surface area contributed by atoms with Crippen molar-refractivity contribution in [1.82, 2.24) is 69.8 Å². The van der Waals surface area contributed by atoms with E-state index in [0.717, 1.165) is 92.4 Å². The summed E-state index contributed by atoms with van der Waals surface area (Å²) in [5, 5.41) is 6.01. The molecule has 10 rings (SSSR count). The minimum absolute atomic E-state index is 0.00366. The van der Waals surface area contributed by atoms with Gasteiger partial charge >= 0.3 is 0 Å². The number of rotatable bonds is 7. The number of ether oxygens (including phenoxy) is 1. The molecule has 0 aliphatic heterocycles. The highest BCUT2D eigenvalue weighted by molar-refractivity contribution is 5.72. The molecule has 0 saturated carbocycles. The molecule has 1 atom stereocenters. The lowest BCUT2D eigenvalue weighted by molar-refractivity contribution is 0.118. The van der Waals surface area contributed by atoms with Crippen LogP contribution in [0.3, 0.4) is 0 Å². The molecule has 10 N–H and O–H groups in total. The molecule has 2 aliphatic rings. The molecular weight excluding hydrogens is 1460 g/mol. The van der Waals surface area contributed by atoms with Crippen LogP contribution in [0.1, 0.15) is 385 Å². The predicted octanol–water partition coefficient (Wildman–Crippen LogP) is 22.8. The number of anilines is 6.